The van der Waals surface area contributed by atoms with Crippen LogP contribution in [0.25, 0.3) is 10.8 Å². The van der Waals surface area contributed by atoms with Crippen molar-refractivity contribution in [3.05, 3.63) is 71.8 Å². The fourth-order valence-electron chi connectivity index (χ4n) is 4.84. The van der Waals surface area contributed by atoms with Gasteiger partial charge in [0.25, 0.3) is 0 Å². The van der Waals surface area contributed by atoms with Crippen LogP contribution in [0.1, 0.15) is 43.5 Å². The number of hydrogen-bond acceptors (Lipinski definition) is 5. The molecule has 2 fully saturated rings. The van der Waals surface area contributed by atoms with E-state index in [1.807, 2.05) is 43.3 Å². The zero-order chi connectivity index (χ0) is 21.8. The normalized spacial score (nSPS) is 32.5. The van der Waals surface area contributed by atoms with Gasteiger partial charge in [0.2, 0.25) is 0 Å². The third-order valence-corrected chi connectivity index (χ3v) is 6.91. The quantitative estimate of drug-likeness (QED) is 0.305. The highest BCUT2D eigenvalue weighted by atomic mass is 16.6. The van der Waals surface area contributed by atoms with Gasteiger partial charge in [-0.3, -0.25) is 0 Å². The zero-order valence-corrected chi connectivity index (χ0v) is 17.8. The van der Waals surface area contributed by atoms with E-state index >= 15 is 0 Å². The maximum absolute atomic E-state index is 13.0. The molecule has 2 saturated heterocycles. The highest BCUT2D eigenvalue weighted by molar-refractivity contribution is 5.95. The summed E-state index contributed by atoms with van der Waals surface area (Å²) in [4.78, 5) is 25.3. The highest BCUT2D eigenvalue weighted by Gasteiger charge is 2.61. The molecule has 5 rings (SSSR count). The van der Waals surface area contributed by atoms with Crippen LogP contribution < -0.4 is 0 Å². The molecule has 0 saturated carbocycles. The molecule has 0 N–H and O–H groups in total. The molecule has 0 radical (unpaired) electrons. The molecule has 160 valence electrons. The van der Waals surface area contributed by atoms with Crippen LogP contribution in [-0.4, -0.2) is 35.9 Å². The molecule has 5 nitrogen and oxygen atoms in total. The Hall–Kier alpha value is -2.92. The summed E-state index contributed by atoms with van der Waals surface area (Å²) >= 11 is 0. The number of epoxide rings is 1. The minimum Gasteiger partial charge on any atom is -0.455 e. The molecule has 2 aromatic rings. The SMILES string of the molecule is C=C1C(=O)O[C@@H]2[C@H]3O[C@]3(C)CCC=C(C)[C@@H](OC(=O)c3ccc4ccccc4c3)C[C@@H]12. The summed E-state index contributed by atoms with van der Waals surface area (Å²) in [6, 6.07) is 13.5. The first-order chi connectivity index (χ1) is 14.9. The topological polar surface area (TPSA) is 65.1 Å². The molecule has 0 amide bonds. The zero-order valence-electron chi connectivity index (χ0n) is 17.8. The maximum atomic E-state index is 13.0. The van der Waals surface area contributed by atoms with Crippen molar-refractivity contribution in [2.45, 2.75) is 57.0 Å². The highest BCUT2D eigenvalue weighted by Crippen LogP contribution is 2.50. The van der Waals surface area contributed by atoms with E-state index in [2.05, 4.69) is 19.6 Å². The number of hydrogen-bond donors (Lipinski definition) is 0. The second-order valence-electron chi connectivity index (χ2n) is 9.03. The molecule has 2 aliphatic heterocycles. The van der Waals surface area contributed by atoms with Crippen molar-refractivity contribution in [2.75, 3.05) is 0 Å². The van der Waals surface area contributed by atoms with Crippen molar-refractivity contribution in [1.29, 1.82) is 0 Å². The Morgan fingerprint density at radius 2 is 1.97 bits per heavy atom. The number of allylic oxidation sites excluding steroid dienone is 1. The predicted octanol–water partition coefficient (Wildman–Crippen LogP) is 4.75. The Labute approximate surface area is 181 Å². The average molecular weight is 418 g/mol. The summed E-state index contributed by atoms with van der Waals surface area (Å²) < 4.78 is 17.6. The number of fused-ring (bicyclic) bond motifs is 4. The van der Waals surface area contributed by atoms with Crippen LogP contribution in [0.2, 0.25) is 0 Å². The third kappa shape index (κ3) is 3.57. The van der Waals surface area contributed by atoms with E-state index in [0.717, 1.165) is 29.2 Å². The second-order valence-corrected chi connectivity index (χ2v) is 9.03. The lowest BCUT2D eigenvalue weighted by Crippen LogP contribution is -2.33. The first-order valence-corrected chi connectivity index (χ1v) is 10.8. The monoisotopic (exact) mass is 418 g/mol. The van der Waals surface area contributed by atoms with Crippen LogP contribution >= 0.6 is 0 Å². The summed E-state index contributed by atoms with van der Waals surface area (Å²) in [7, 11) is 0. The molecule has 0 spiro atoms. The number of carbonyl (C=O) groups is 2. The minimum atomic E-state index is -0.458. The first-order valence-electron chi connectivity index (χ1n) is 10.8. The molecule has 5 heteroatoms. The van der Waals surface area contributed by atoms with E-state index in [1.54, 1.807) is 6.07 Å². The van der Waals surface area contributed by atoms with Crippen LogP contribution in [0.4, 0.5) is 0 Å². The molecular formula is C26H26O5. The summed E-state index contributed by atoms with van der Waals surface area (Å²) in [5, 5.41) is 2.06. The largest absolute Gasteiger partial charge is 0.455 e. The number of rotatable bonds is 2. The van der Waals surface area contributed by atoms with Crippen LogP contribution in [0.5, 0.6) is 0 Å². The van der Waals surface area contributed by atoms with E-state index < -0.39 is 6.10 Å². The van der Waals surface area contributed by atoms with Gasteiger partial charge in [-0.15, -0.1) is 0 Å². The Bertz CT molecular complexity index is 1120. The van der Waals surface area contributed by atoms with Gasteiger partial charge in [0.15, 0.2) is 0 Å². The van der Waals surface area contributed by atoms with Crippen molar-refractivity contribution in [3.8, 4) is 0 Å². The van der Waals surface area contributed by atoms with E-state index in [9.17, 15) is 9.59 Å². The van der Waals surface area contributed by atoms with Gasteiger partial charge < -0.3 is 14.2 Å². The van der Waals surface area contributed by atoms with Gasteiger partial charge in [0, 0.05) is 11.5 Å². The molecule has 0 unspecified atom stereocenters. The van der Waals surface area contributed by atoms with Crippen molar-refractivity contribution in [2.24, 2.45) is 5.92 Å². The van der Waals surface area contributed by atoms with Gasteiger partial charge in [-0.05, 0) is 61.6 Å². The Kier molecular flexibility index (Phi) is 4.74. The summed E-state index contributed by atoms with van der Waals surface area (Å²) in [5.74, 6) is -0.996. The molecule has 0 aromatic heterocycles. The number of ether oxygens (including phenoxy) is 3. The molecule has 1 aliphatic carbocycles. The van der Waals surface area contributed by atoms with E-state index in [0.29, 0.717) is 17.6 Å². The standard InChI is InChI=1S/C26H26O5/c1-15-7-6-12-26(3)23(31-26)22-20(16(2)24(27)30-22)14-21(15)29-25(28)19-11-10-17-8-4-5-9-18(17)13-19/h4-5,7-11,13,20-23H,2,6,12,14H2,1,3H3/t20-,21-,22-,23+,26+/m0/s1. The van der Waals surface area contributed by atoms with Crippen LogP contribution in [0.3, 0.4) is 0 Å². The van der Waals surface area contributed by atoms with E-state index in [4.69, 9.17) is 14.2 Å². The van der Waals surface area contributed by atoms with Gasteiger partial charge >= 0.3 is 11.9 Å². The number of benzene rings is 2. The Balaban J connectivity index is 1.42. The number of carbonyl (C=O) groups excluding carboxylic acids is 2. The van der Waals surface area contributed by atoms with Crippen LogP contribution in [-0.2, 0) is 19.0 Å². The van der Waals surface area contributed by atoms with Gasteiger partial charge in [0.1, 0.15) is 18.3 Å². The predicted molar refractivity (Wildman–Crippen MR) is 117 cm³/mol. The second kappa shape index (κ2) is 7.34. The van der Waals surface area contributed by atoms with Gasteiger partial charge in [-0.1, -0.05) is 43.0 Å². The van der Waals surface area contributed by atoms with Gasteiger partial charge in [-0.25, -0.2) is 9.59 Å². The van der Waals surface area contributed by atoms with Crippen molar-refractivity contribution in [1.82, 2.24) is 0 Å². The smallest absolute Gasteiger partial charge is 0.338 e. The lowest BCUT2D eigenvalue weighted by Gasteiger charge is -2.25. The molecule has 31 heavy (non-hydrogen) atoms. The van der Waals surface area contributed by atoms with Crippen LogP contribution in [0.15, 0.2) is 66.3 Å². The Morgan fingerprint density at radius 1 is 1.19 bits per heavy atom. The molecule has 0 bridgehead atoms. The van der Waals surface area contributed by atoms with Crippen molar-refractivity contribution < 1.29 is 23.8 Å². The fourth-order valence-corrected chi connectivity index (χ4v) is 4.84. The molecule has 2 aromatic carbocycles. The summed E-state index contributed by atoms with van der Waals surface area (Å²) in [6.45, 7) is 8.00. The molecule has 3 aliphatic rings. The molecule has 5 atom stereocenters. The average Bonchev–Trinajstić information content (AvgIpc) is 3.35. The number of esters is 2. The first kappa shape index (κ1) is 20.0. The van der Waals surface area contributed by atoms with Crippen molar-refractivity contribution in [3.63, 3.8) is 0 Å². The molecular weight excluding hydrogens is 392 g/mol. The van der Waals surface area contributed by atoms with Gasteiger partial charge in [-0.2, -0.15) is 0 Å². The van der Waals surface area contributed by atoms with E-state index in [-0.39, 0.29) is 35.7 Å². The minimum absolute atomic E-state index is 0.135. The maximum Gasteiger partial charge on any atom is 0.338 e. The van der Waals surface area contributed by atoms with Gasteiger partial charge in [0.05, 0.1) is 11.2 Å². The lowest BCUT2D eigenvalue weighted by atomic mass is 9.83. The van der Waals surface area contributed by atoms with Crippen LogP contribution in [0, 0.1) is 5.92 Å². The van der Waals surface area contributed by atoms with E-state index in [1.165, 1.54) is 0 Å². The fraction of sp³-hybridized carbons (Fsp3) is 0.385. The third-order valence-electron chi connectivity index (χ3n) is 6.91. The van der Waals surface area contributed by atoms with Crippen molar-refractivity contribution >= 4 is 22.7 Å². The Morgan fingerprint density at radius 3 is 2.77 bits per heavy atom. The lowest BCUT2D eigenvalue weighted by molar-refractivity contribution is -0.140. The summed E-state index contributed by atoms with van der Waals surface area (Å²) in [5.41, 5.74) is 1.64. The molecule has 2 heterocycles. The summed E-state index contributed by atoms with van der Waals surface area (Å²) in [6.07, 6.45) is 3.24.